The van der Waals surface area contributed by atoms with Crippen LogP contribution in [0.1, 0.15) is 43.0 Å². The van der Waals surface area contributed by atoms with Crippen molar-refractivity contribution in [3.63, 3.8) is 0 Å². The third-order valence-electron chi connectivity index (χ3n) is 6.33. The maximum atomic E-state index is 13.0. The summed E-state index contributed by atoms with van der Waals surface area (Å²) in [6, 6.07) is 18.3. The van der Waals surface area contributed by atoms with E-state index in [2.05, 4.69) is 34.9 Å². The van der Waals surface area contributed by atoms with E-state index in [-0.39, 0.29) is 17.9 Å². The van der Waals surface area contributed by atoms with Gasteiger partial charge in [-0.1, -0.05) is 42.5 Å². The number of para-hydroxylation sites is 2. The molecule has 0 radical (unpaired) electrons. The summed E-state index contributed by atoms with van der Waals surface area (Å²) >= 11 is 0. The van der Waals surface area contributed by atoms with Crippen LogP contribution in [-0.2, 0) is 22.5 Å². The van der Waals surface area contributed by atoms with Crippen molar-refractivity contribution in [2.45, 2.75) is 50.6 Å². The van der Waals surface area contributed by atoms with Crippen LogP contribution in [-0.4, -0.2) is 53.2 Å². The summed E-state index contributed by atoms with van der Waals surface area (Å²) in [4.78, 5) is 20.0. The van der Waals surface area contributed by atoms with Gasteiger partial charge in [0, 0.05) is 51.7 Å². The lowest BCUT2D eigenvalue weighted by Crippen LogP contribution is -2.42. The van der Waals surface area contributed by atoms with Crippen molar-refractivity contribution in [1.82, 2.24) is 14.5 Å². The molecule has 6 nitrogen and oxygen atoms in total. The zero-order chi connectivity index (χ0) is 22.3. The smallest absolute Gasteiger partial charge is 0.224 e. The number of imidazole rings is 1. The van der Waals surface area contributed by atoms with Gasteiger partial charge in [0.2, 0.25) is 5.91 Å². The van der Waals surface area contributed by atoms with E-state index in [0.29, 0.717) is 13.0 Å². The van der Waals surface area contributed by atoms with E-state index in [4.69, 9.17) is 15.5 Å². The minimum atomic E-state index is -0.163. The van der Waals surface area contributed by atoms with Gasteiger partial charge < -0.3 is 19.9 Å². The second kappa shape index (κ2) is 10.7. The highest BCUT2D eigenvalue weighted by atomic mass is 16.5. The molecule has 1 amide bonds. The zero-order valence-electron chi connectivity index (χ0n) is 19.0. The molecule has 32 heavy (non-hydrogen) atoms. The van der Waals surface area contributed by atoms with Crippen LogP contribution in [0.2, 0.25) is 0 Å². The summed E-state index contributed by atoms with van der Waals surface area (Å²) in [5, 5.41) is 0. The molecule has 1 aliphatic heterocycles. The molecule has 2 unspecified atom stereocenters. The Labute approximate surface area is 190 Å². The van der Waals surface area contributed by atoms with Gasteiger partial charge in [-0.2, -0.15) is 0 Å². The van der Waals surface area contributed by atoms with Crippen LogP contribution in [0.3, 0.4) is 0 Å². The summed E-state index contributed by atoms with van der Waals surface area (Å²) in [6.07, 6.45) is 4.08. The number of piperidine rings is 1. The predicted molar refractivity (Wildman–Crippen MR) is 128 cm³/mol. The number of aromatic nitrogens is 2. The fourth-order valence-electron chi connectivity index (χ4n) is 4.76. The number of aryl methyl sites for hydroxylation is 1. The van der Waals surface area contributed by atoms with Gasteiger partial charge in [0.25, 0.3) is 0 Å². The van der Waals surface area contributed by atoms with Crippen LogP contribution < -0.4 is 5.73 Å². The average molecular weight is 435 g/mol. The first-order valence-corrected chi connectivity index (χ1v) is 11.7. The van der Waals surface area contributed by atoms with Crippen molar-refractivity contribution in [2.75, 3.05) is 26.8 Å². The topological polar surface area (TPSA) is 73.4 Å². The molecular formula is C26H34N4O2. The number of hydrogen-bond acceptors (Lipinski definition) is 4. The molecule has 2 atom stereocenters. The molecule has 2 aromatic carbocycles. The SMILES string of the molecule is COCCCn1c(C2CCCN(C(=O)CC(N)Cc3ccccc3)C2)nc2ccccc21. The lowest BCUT2D eigenvalue weighted by Gasteiger charge is -2.33. The highest BCUT2D eigenvalue weighted by Crippen LogP contribution is 2.30. The number of rotatable bonds is 9. The number of likely N-dealkylation sites (tertiary alicyclic amines) is 1. The lowest BCUT2D eigenvalue weighted by atomic mass is 9.96. The summed E-state index contributed by atoms with van der Waals surface area (Å²) in [5.74, 6) is 1.49. The maximum Gasteiger partial charge on any atom is 0.224 e. The highest BCUT2D eigenvalue weighted by Gasteiger charge is 2.29. The molecule has 4 rings (SSSR count). The van der Waals surface area contributed by atoms with E-state index in [0.717, 1.165) is 62.2 Å². The van der Waals surface area contributed by atoms with Crippen molar-refractivity contribution in [3.8, 4) is 0 Å². The van der Waals surface area contributed by atoms with Gasteiger partial charge in [-0.15, -0.1) is 0 Å². The number of benzene rings is 2. The normalized spacial score (nSPS) is 17.6. The monoisotopic (exact) mass is 434 g/mol. The third kappa shape index (κ3) is 5.37. The number of nitrogens with zero attached hydrogens (tertiary/aromatic N) is 3. The van der Waals surface area contributed by atoms with Crippen LogP contribution in [0.5, 0.6) is 0 Å². The molecule has 2 heterocycles. The summed E-state index contributed by atoms with van der Waals surface area (Å²) < 4.78 is 7.59. The fraction of sp³-hybridized carbons (Fsp3) is 0.462. The van der Waals surface area contributed by atoms with Gasteiger partial charge in [-0.3, -0.25) is 4.79 Å². The lowest BCUT2D eigenvalue weighted by molar-refractivity contribution is -0.132. The molecule has 0 bridgehead atoms. The fourth-order valence-corrected chi connectivity index (χ4v) is 4.76. The van der Waals surface area contributed by atoms with Gasteiger partial charge >= 0.3 is 0 Å². The van der Waals surface area contributed by atoms with Crippen molar-refractivity contribution in [2.24, 2.45) is 5.73 Å². The Kier molecular flexibility index (Phi) is 7.55. The zero-order valence-corrected chi connectivity index (χ0v) is 19.0. The first-order chi connectivity index (χ1) is 15.7. The van der Waals surface area contributed by atoms with Gasteiger partial charge in [-0.05, 0) is 43.4 Å². The van der Waals surface area contributed by atoms with Crippen molar-refractivity contribution in [3.05, 3.63) is 66.0 Å². The number of carbonyl (C=O) groups is 1. The molecule has 2 N–H and O–H groups in total. The molecule has 0 saturated carbocycles. The molecule has 1 aliphatic rings. The number of nitrogens with two attached hydrogens (primary N) is 1. The van der Waals surface area contributed by atoms with Crippen molar-refractivity contribution in [1.29, 1.82) is 0 Å². The second-order valence-electron chi connectivity index (χ2n) is 8.79. The summed E-state index contributed by atoms with van der Waals surface area (Å²) in [6.45, 7) is 3.11. The van der Waals surface area contributed by atoms with E-state index in [1.165, 1.54) is 5.56 Å². The number of ether oxygens (including phenoxy) is 1. The summed E-state index contributed by atoms with van der Waals surface area (Å²) in [7, 11) is 1.74. The van der Waals surface area contributed by atoms with Crippen LogP contribution in [0, 0.1) is 0 Å². The van der Waals surface area contributed by atoms with Crippen LogP contribution in [0.15, 0.2) is 54.6 Å². The molecule has 3 aromatic rings. The minimum absolute atomic E-state index is 0.153. The average Bonchev–Trinajstić information content (AvgIpc) is 3.18. The number of fused-ring (bicyclic) bond motifs is 1. The Morgan fingerprint density at radius 3 is 2.78 bits per heavy atom. The number of hydrogen-bond donors (Lipinski definition) is 1. The second-order valence-corrected chi connectivity index (χ2v) is 8.79. The Hall–Kier alpha value is -2.70. The van der Waals surface area contributed by atoms with Gasteiger partial charge in [0.05, 0.1) is 11.0 Å². The molecule has 170 valence electrons. The molecule has 0 aliphatic carbocycles. The van der Waals surface area contributed by atoms with Crippen LogP contribution in [0.4, 0.5) is 0 Å². The van der Waals surface area contributed by atoms with E-state index < -0.39 is 0 Å². The predicted octanol–water partition coefficient (Wildman–Crippen LogP) is 3.74. The maximum absolute atomic E-state index is 13.0. The highest BCUT2D eigenvalue weighted by molar-refractivity contribution is 5.77. The number of methoxy groups -OCH3 is 1. The first-order valence-electron chi connectivity index (χ1n) is 11.7. The third-order valence-corrected chi connectivity index (χ3v) is 6.33. The van der Waals surface area contributed by atoms with Gasteiger partial charge in [0.15, 0.2) is 0 Å². The van der Waals surface area contributed by atoms with Crippen LogP contribution >= 0.6 is 0 Å². The standard InChI is InChI=1S/C26H34N4O2/c1-32-16-8-15-30-24-13-6-5-12-23(24)28-26(30)21-11-7-14-29(19-21)25(31)18-22(27)17-20-9-3-2-4-10-20/h2-6,9-10,12-13,21-22H,7-8,11,14-19,27H2,1H3. The van der Waals surface area contributed by atoms with E-state index in [1.807, 2.05) is 29.2 Å². The molecule has 1 fully saturated rings. The summed E-state index contributed by atoms with van der Waals surface area (Å²) in [5.41, 5.74) is 9.68. The molecule has 0 spiro atoms. The van der Waals surface area contributed by atoms with E-state index in [9.17, 15) is 4.79 Å². The number of carbonyl (C=O) groups excluding carboxylic acids is 1. The van der Waals surface area contributed by atoms with E-state index in [1.54, 1.807) is 7.11 Å². The quantitative estimate of drug-likeness (QED) is 0.521. The van der Waals surface area contributed by atoms with Crippen molar-refractivity contribution >= 4 is 16.9 Å². The minimum Gasteiger partial charge on any atom is -0.385 e. The largest absolute Gasteiger partial charge is 0.385 e. The Balaban J connectivity index is 1.44. The first kappa shape index (κ1) is 22.5. The molecule has 6 heteroatoms. The molecule has 1 aromatic heterocycles. The molecule has 1 saturated heterocycles. The Morgan fingerprint density at radius 2 is 1.97 bits per heavy atom. The van der Waals surface area contributed by atoms with Crippen LogP contribution in [0.25, 0.3) is 11.0 Å². The Bertz CT molecular complexity index is 1020. The Morgan fingerprint density at radius 1 is 1.19 bits per heavy atom. The van der Waals surface area contributed by atoms with Crippen molar-refractivity contribution < 1.29 is 9.53 Å². The molecular weight excluding hydrogens is 400 g/mol. The number of amides is 1. The van der Waals surface area contributed by atoms with Gasteiger partial charge in [0.1, 0.15) is 5.82 Å². The van der Waals surface area contributed by atoms with E-state index >= 15 is 0 Å². The van der Waals surface area contributed by atoms with Gasteiger partial charge in [-0.25, -0.2) is 4.98 Å².